The van der Waals surface area contributed by atoms with E-state index in [0.717, 1.165) is 23.3 Å². The number of aryl methyl sites for hydroxylation is 2. The van der Waals surface area contributed by atoms with Crippen LogP contribution < -0.4 is 5.73 Å². The minimum absolute atomic E-state index is 0.0450. The van der Waals surface area contributed by atoms with Crippen molar-refractivity contribution in [3.63, 3.8) is 0 Å². The zero-order valence-electron chi connectivity index (χ0n) is 10.4. The Kier molecular flexibility index (Phi) is 2.64. The van der Waals surface area contributed by atoms with Crippen molar-refractivity contribution in [3.8, 4) is 0 Å². The molecule has 3 rings (SSSR count). The van der Waals surface area contributed by atoms with Crippen molar-refractivity contribution in [2.45, 2.75) is 49.3 Å². The standard InChI is InChI=1S/C14H19NOS/c1-8-9(2)17(16)13-7-11-5-3-4-10(11)6-12(13)14(8)15/h6-9,14H,3-5,15H2,1-2H3. The second-order valence-corrected chi connectivity index (χ2v) is 7.18. The molecular formula is C14H19NOS. The summed E-state index contributed by atoms with van der Waals surface area (Å²) in [5, 5.41) is 0.164. The molecular weight excluding hydrogens is 230 g/mol. The maximum atomic E-state index is 12.4. The van der Waals surface area contributed by atoms with Crippen LogP contribution in [0.1, 0.15) is 43.0 Å². The van der Waals surface area contributed by atoms with Gasteiger partial charge in [-0.15, -0.1) is 0 Å². The highest BCUT2D eigenvalue weighted by Crippen LogP contribution is 2.39. The average molecular weight is 249 g/mol. The molecule has 0 aromatic heterocycles. The van der Waals surface area contributed by atoms with Gasteiger partial charge in [-0.25, -0.2) is 0 Å². The molecule has 2 aliphatic rings. The van der Waals surface area contributed by atoms with E-state index in [-0.39, 0.29) is 11.3 Å². The van der Waals surface area contributed by atoms with Gasteiger partial charge in [0.15, 0.2) is 0 Å². The van der Waals surface area contributed by atoms with Crippen LogP contribution in [0.4, 0.5) is 0 Å². The van der Waals surface area contributed by atoms with Gasteiger partial charge >= 0.3 is 0 Å². The highest BCUT2D eigenvalue weighted by molar-refractivity contribution is 7.85. The number of benzene rings is 1. The predicted octanol–water partition coefficient (Wildman–Crippen LogP) is 2.32. The van der Waals surface area contributed by atoms with Crippen molar-refractivity contribution >= 4 is 10.8 Å². The van der Waals surface area contributed by atoms with E-state index in [4.69, 9.17) is 5.73 Å². The largest absolute Gasteiger partial charge is 0.324 e. The maximum absolute atomic E-state index is 12.4. The lowest BCUT2D eigenvalue weighted by Gasteiger charge is -2.33. The van der Waals surface area contributed by atoms with Crippen molar-refractivity contribution in [2.75, 3.05) is 0 Å². The molecule has 0 saturated carbocycles. The highest BCUT2D eigenvalue weighted by atomic mass is 32.2. The van der Waals surface area contributed by atoms with Gasteiger partial charge in [0.25, 0.3) is 0 Å². The van der Waals surface area contributed by atoms with Gasteiger partial charge in [0.1, 0.15) is 0 Å². The topological polar surface area (TPSA) is 43.1 Å². The number of rotatable bonds is 0. The summed E-state index contributed by atoms with van der Waals surface area (Å²) in [5.74, 6) is 0.294. The monoisotopic (exact) mass is 249 g/mol. The summed E-state index contributed by atoms with van der Waals surface area (Å²) in [4.78, 5) is 1.00. The van der Waals surface area contributed by atoms with E-state index in [9.17, 15) is 4.21 Å². The Balaban J connectivity index is 2.18. The average Bonchev–Trinajstić information content (AvgIpc) is 2.79. The molecule has 92 valence electrons. The molecule has 2 N–H and O–H groups in total. The molecule has 0 bridgehead atoms. The van der Waals surface area contributed by atoms with Crippen LogP contribution in [0.25, 0.3) is 0 Å². The first-order valence-corrected chi connectivity index (χ1v) is 7.62. The minimum atomic E-state index is -0.883. The summed E-state index contributed by atoms with van der Waals surface area (Å²) < 4.78 is 12.4. The smallest absolute Gasteiger partial charge is 0.0564 e. The third-order valence-electron chi connectivity index (χ3n) is 4.44. The maximum Gasteiger partial charge on any atom is 0.0564 e. The molecule has 2 nitrogen and oxygen atoms in total. The Morgan fingerprint density at radius 1 is 1.24 bits per heavy atom. The highest BCUT2D eigenvalue weighted by Gasteiger charge is 2.35. The van der Waals surface area contributed by atoms with Crippen LogP contribution in [0, 0.1) is 5.92 Å². The van der Waals surface area contributed by atoms with Gasteiger partial charge in [0.2, 0.25) is 0 Å². The molecule has 3 heteroatoms. The molecule has 1 aliphatic carbocycles. The van der Waals surface area contributed by atoms with Gasteiger partial charge in [-0.1, -0.05) is 19.9 Å². The first-order chi connectivity index (χ1) is 8.09. The molecule has 1 aliphatic heterocycles. The first-order valence-electron chi connectivity index (χ1n) is 6.41. The number of hydrogen-bond acceptors (Lipinski definition) is 2. The SMILES string of the molecule is CC1C(N)c2cc3c(cc2S(=O)C1C)CCC3. The van der Waals surface area contributed by atoms with Crippen LogP contribution in [-0.2, 0) is 23.6 Å². The fraction of sp³-hybridized carbons (Fsp3) is 0.571. The summed E-state index contributed by atoms with van der Waals surface area (Å²) in [5.41, 5.74) is 10.3. The quantitative estimate of drug-likeness (QED) is 0.767. The van der Waals surface area contributed by atoms with Crippen molar-refractivity contribution < 1.29 is 4.21 Å². The Bertz CT molecular complexity index is 497. The van der Waals surface area contributed by atoms with Gasteiger partial charge in [0, 0.05) is 16.2 Å². The van der Waals surface area contributed by atoms with E-state index in [0.29, 0.717) is 5.92 Å². The zero-order chi connectivity index (χ0) is 12.2. The van der Waals surface area contributed by atoms with Gasteiger partial charge in [-0.05, 0) is 47.9 Å². The number of hydrogen-bond donors (Lipinski definition) is 1. The third-order valence-corrected chi connectivity index (χ3v) is 6.34. The molecule has 17 heavy (non-hydrogen) atoms. The lowest BCUT2D eigenvalue weighted by atomic mass is 9.90. The summed E-state index contributed by atoms with van der Waals surface area (Å²) in [6.07, 6.45) is 3.52. The van der Waals surface area contributed by atoms with Crippen molar-refractivity contribution in [1.29, 1.82) is 0 Å². The predicted molar refractivity (Wildman–Crippen MR) is 70.4 cm³/mol. The normalized spacial score (nSPS) is 35.5. The van der Waals surface area contributed by atoms with E-state index in [1.54, 1.807) is 0 Å². The van der Waals surface area contributed by atoms with Crippen LogP contribution in [0.5, 0.6) is 0 Å². The molecule has 1 heterocycles. The van der Waals surface area contributed by atoms with E-state index >= 15 is 0 Å². The Morgan fingerprint density at radius 3 is 2.59 bits per heavy atom. The van der Waals surface area contributed by atoms with Crippen molar-refractivity contribution in [1.82, 2.24) is 0 Å². The summed E-state index contributed by atoms with van der Waals surface area (Å²) in [6, 6.07) is 4.43. The van der Waals surface area contributed by atoms with E-state index in [1.807, 2.05) is 0 Å². The van der Waals surface area contributed by atoms with Crippen LogP contribution in [0.2, 0.25) is 0 Å². The van der Waals surface area contributed by atoms with E-state index in [2.05, 4.69) is 26.0 Å². The molecule has 0 radical (unpaired) electrons. The Morgan fingerprint density at radius 2 is 1.88 bits per heavy atom. The lowest BCUT2D eigenvalue weighted by Crippen LogP contribution is -2.36. The second-order valence-electron chi connectivity index (χ2n) is 5.40. The van der Waals surface area contributed by atoms with E-state index in [1.165, 1.54) is 17.5 Å². The second kappa shape index (κ2) is 3.92. The fourth-order valence-corrected chi connectivity index (χ4v) is 4.67. The lowest BCUT2D eigenvalue weighted by molar-refractivity contribution is 0.441. The zero-order valence-corrected chi connectivity index (χ0v) is 11.2. The Labute approximate surface area is 105 Å². The van der Waals surface area contributed by atoms with Gasteiger partial charge < -0.3 is 5.73 Å². The molecule has 0 saturated heterocycles. The fourth-order valence-electron chi connectivity index (χ4n) is 3.03. The molecule has 0 spiro atoms. The number of fused-ring (bicyclic) bond motifs is 2. The summed E-state index contributed by atoms with van der Waals surface area (Å²) in [6.45, 7) is 4.17. The van der Waals surface area contributed by atoms with Crippen molar-refractivity contribution in [2.24, 2.45) is 11.7 Å². The number of nitrogens with two attached hydrogens (primary N) is 1. The van der Waals surface area contributed by atoms with Gasteiger partial charge in [-0.2, -0.15) is 0 Å². The summed E-state index contributed by atoms with van der Waals surface area (Å²) >= 11 is 0. The van der Waals surface area contributed by atoms with E-state index < -0.39 is 10.8 Å². The Hall–Kier alpha value is -0.670. The van der Waals surface area contributed by atoms with Crippen LogP contribution in [0.3, 0.4) is 0 Å². The van der Waals surface area contributed by atoms with Crippen LogP contribution in [-0.4, -0.2) is 9.46 Å². The van der Waals surface area contributed by atoms with Gasteiger partial charge in [0.05, 0.1) is 10.8 Å². The van der Waals surface area contributed by atoms with Crippen molar-refractivity contribution in [3.05, 3.63) is 28.8 Å². The van der Waals surface area contributed by atoms with Crippen LogP contribution in [0.15, 0.2) is 17.0 Å². The van der Waals surface area contributed by atoms with Gasteiger partial charge in [-0.3, -0.25) is 4.21 Å². The minimum Gasteiger partial charge on any atom is -0.324 e. The molecule has 1 aromatic rings. The van der Waals surface area contributed by atoms with Crippen LogP contribution >= 0.6 is 0 Å². The molecule has 4 unspecified atom stereocenters. The molecule has 0 amide bonds. The third kappa shape index (κ3) is 1.59. The molecule has 0 fully saturated rings. The summed E-state index contributed by atoms with van der Waals surface area (Å²) in [7, 11) is -0.883. The first kappa shape index (κ1) is 11.4. The molecule has 1 aromatic carbocycles. The molecule has 4 atom stereocenters.